The topological polar surface area (TPSA) is 103 Å². The van der Waals surface area contributed by atoms with Gasteiger partial charge in [0.15, 0.2) is 0 Å². The Kier molecular flexibility index (Phi) is 9.03. The van der Waals surface area contributed by atoms with Crippen molar-refractivity contribution in [3.63, 3.8) is 0 Å². The number of hydrogen-bond donors (Lipinski definition) is 1. The minimum Gasteiger partial charge on any atom is -0.351 e. The normalized spacial score (nSPS) is 19.3. The molecule has 1 aliphatic heterocycles. The van der Waals surface area contributed by atoms with Crippen LogP contribution in [-0.4, -0.2) is 50.7 Å². The molecule has 1 fully saturated rings. The van der Waals surface area contributed by atoms with Gasteiger partial charge in [0, 0.05) is 30.6 Å². The van der Waals surface area contributed by atoms with Crippen LogP contribution in [0.3, 0.4) is 0 Å². The van der Waals surface area contributed by atoms with Gasteiger partial charge in [-0.1, -0.05) is 12.1 Å². The number of aliphatic imine (C=N–C) groups is 1. The third-order valence-electron chi connectivity index (χ3n) is 6.02. The van der Waals surface area contributed by atoms with Crippen LogP contribution in [0.5, 0.6) is 0 Å². The Morgan fingerprint density at radius 1 is 1.21 bits per heavy atom. The Balaban J connectivity index is 1.83. The highest BCUT2D eigenvalue weighted by Gasteiger charge is 2.44. The lowest BCUT2D eigenvalue weighted by Gasteiger charge is -2.23. The van der Waals surface area contributed by atoms with Crippen molar-refractivity contribution in [1.29, 1.82) is 5.26 Å². The smallest absolute Gasteiger partial charge is 0.351 e. The summed E-state index contributed by atoms with van der Waals surface area (Å²) in [4.78, 5) is 16.5. The molecule has 1 N–H and O–H groups in total. The first-order chi connectivity index (χ1) is 18.3. The first-order valence-electron chi connectivity index (χ1n) is 11.4. The number of carbonyl (C=O) groups is 1. The molecule has 2 atom stereocenters. The van der Waals surface area contributed by atoms with Crippen molar-refractivity contribution in [2.75, 3.05) is 13.1 Å². The van der Waals surface area contributed by atoms with Crippen LogP contribution < -0.4 is 5.32 Å². The number of sulfonamides is 1. The summed E-state index contributed by atoms with van der Waals surface area (Å²) in [7, 11) is -4.33. The molecule has 0 radical (unpaired) electrons. The van der Waals surface area contributed by atoms with Crippen LogP contribution in [0.4, 0.5) is 22.0 Å². The van der Waals surface area contributed by atoms with E-state index in [1.807, 2.05) is 6.07 Å². The summed E-state index contributed by atoms with van der Waals surface area (Å²) in [5.41, 5.74) is -0.133. The molecule has 7 nitrogen and oxygen atoms in total. The fourth-order valence-electron chi connectivity index (χ4n) is 3.88. The van der Waals surface area contributed by atoms with Crippen LogP contribution in [0, 0.1) is 17.1 Å². The van der Waals surface area contributed by atoms with E-state index >= 15 is 0 Å². The first-order valence-corrected chi connectivity index (χ1v) is 12.9. The van der Waals surface area contributed by atoms with E-state index in [0.29, 0.717) is 4.31 Å². The molecule has 0 aromatic heterocycles. The molecule has 2 aromatic rings. The predicted molar refractivity (Wildman–Crippen MR) is 134 cm³/mol. The molecular weight excluding hydrogens is 543 g/mol. The van der Waals surface area contributed by atoms with Gasteiger partial charge in [-0.3, -0.25) is 9.79 Å². The Hall–Kier alpha value is -3.89. The summed E-state index contributed by atoms with van der Waals surface area (Å²) >= 11 is 0. The molecule has 3 rings (SSSR count). The van der Waals surface area contributed by atoms with Crippen LogP contribution >= 0.6 is 0 Å². The van der Waals surface area contributed by atoms with Crippen LogP contribution in [0.15, 0.2) is 75.6 Å². The first kappa shape index (κ1) is 29.7. The lowest BCUT2D eigenvalue weighted by atomic mass is 10.0. The molecule has 1 amide bonds. The number of alkyl halides is 4. The number of allylic oxidation sites excluding steroid dienone is 1. The van der Waals surface area contributed by atoms with Gasteiger partial charge in [-0.25, -0.2) is 17.2 Å². The summed E-state index contributed by atoms with van der Waals surface area (Å²) in [6.07, 6.45) is -5.21. The van der Waals surface area contributed by atoms with Crippen LogP contribution in [0.2, 0.25) is 0 Å². The molecule has 1 aliphatic rings. The second-order valence-electron chi connectivity index (χ2n) is 8.62. The summed E-state index contributed by atoms with van der Waals surface area (Å²) in [5, 5.41) is 11.9. The molecule has 1 saturated heterocycles. The maximum absolute atomic E-state index is 14.3. The molecule has 13 heteroatoms. The Bertz CT molecular complexity index is 1440. The number of rotatable bonds is 8. The fourth-order valence-corrected chi connectivity index (χ4v) is 5.51. The van der Waals surface area contributed by atoms with Crippen LogP contribution in [-0.2, 0) is 21.0 Å². The number of halogens is 5. The van der Waals surface area contributed by atoms with Crippen molar-refractivity contribution in [2.45, 2.75) is 36.6 Å². The summed E-state index contributed by atoms with van der Waals surface area (Å²) in [6.45, 7) is 3.98. The second kappa shape index (κ2) is 11.9. The molecule has 0 unspecified atom stereocenters. The third kappa shape index (κ3) is 6.96. The number of hydrogen-bond acceptors (Lipinski definition) is 5. The summed E-state index contributed by atoms with van der Waals surface area (Å²) in [5.74, 6) is -1.50. The van der Waals surface area contributed by atoms with E-state index in [2.05, 4.69) is 17.0 Å². The van der Waals surface area contributed by atoms with Gasteiger partial charge in [0.2, 0.25) is 15.9 Å². The lowest BCUT2D eigenvalue weighted by molar-refractivity contribution is -0.137. The van der Waals surface area contributed by atoms with Gasteiger partial charge in [-0.05, 0) is 61.7 Å². The van der Waals surface area contributed by atoms with Crippen LogP contribution in [0.25, 0.3) is 5.70 Å². The highest BCUT2D eigenvalue weighted by molar-refractivity contribution is 7.89. The molecule has 2 aromatic carbocycles. The van der Waals surface area contributed by atoms with Crippen molar-refractivity contribution in [3.05, 3.63) is 82.7 Å². The fraction of sp³-hybridized carbons (Fsp3) is 0.269. The average molecular weight is 567 g/mol. The minimum atomic E-state index is -4.53. The number of nitrogens with zero attached hydrogens (tertiary/aromatic N) is 3. The largest absolute Gasteiger partial charge is 0.416 e. The van der Waals surface area contributed by atoms with E-state index in [9.17, 15) is 40.4 Å². The van der Waals surface area contributed by atoms with Gasteiger partial charge in [0.05, 0.1) is 22.2 Å². The third-order valence-corrected chi connectivity index (χ3v) is 7.91. The average Bonchev–Trinajstić information content (AvgIpc) is 3.31. The number of benzene rings is 2. The van der Waals surface area contributed by atoms with Crippen molar-refractivity contribution in [1.82, 2.24) is 9.62 Å². The van der Waals surface area contributed by atoms with E-state index in [1.54, 1.807) is 0 Å². The molecular formula is C26H23F5N4O3S. The maximum atomic E-state index is 14.3. The molecule has 1 heterocycles. The van der Waals surface area contributed by atoms with Crippen molar-refractivity contribution >= 4 is 28.3 Å². The van der Waals surface area contributed by atoms with Gasteiger partial charge in [0.1, 0.15) is 18.0 Å². The van der Waals surface area contributed by atoms with E-state index in [-0.39, 0.29) is 33.8 Å². The molecule has 206 valence electrons. The zero-order valence-electron chi connectivity index (χ0n) is 20.5. The zero-order valence-corrected chi connectivity index (χ0v) is 21.4. The number of amides is 1. The number of nitrogens with one attached hydrogen (secondary N) is 1. The highest BCUT2D eigenvalue weighted by atomic mass is 32.2. The standard InChI is InChI=1S/C26H23F5N4O3S/c1-16(13-32)18(11-23(33-2)17-3-5-19(6-4-17)26(29,30)31)14-34-25(36)24-12-21(28)15-35(24)39(37,38)22-9-7-20(27)8-10-22/h3-11,21,24H,2,12,14-15H2,1H3,(H,34,36)/b18-16-,23-11-/t21-,24+/m1/s1. The Morgan fingerprint density at radius 2 is 1.82 bits per heavy atom. The summed E-state index contributed by atoms with van der Waals surface area (Å²) < 4.78 is 93.0. The lowest BCUT2D eigenvalue weighted by Crippen LogP contribution is -2.46. The molecule has 0 saturated carbocycles. The zero-order chi connectivity index (χ0) is 29.0. The highest BCUT2D eigenvalue weighted by Crippen LogP contribution is 2.31. The molecule has 39 heavy (non-hydrogen) atoms. The van der Waals surface area contributed by atoms with E-state index < -0.39 is 58.7 Å². The van der Waals surface area contributed by atoms with Gasteiger partial charge in [-0.2, -0.15) is 22.7 Å². The van der Waals surface area contributed by atoms with Crippen molar-refractivity contribution in [2.24, 2.45) is 4.99 Å². The maximum Gasteiger partial charge on any atom is 0.416 e. The van der Waals surface area contributed by atoms with Gasteiger partial charge in [-0.15, -0.1) is 0 Å². The quantitative estimate of drug-likeness (QED) is 0.218. The van der Waals surface area contributed by atoms with Gasteiger partial charge in [0.25, 0.3) is 0 Å². The minimum absolute atomic E-state index is 0.118. The SMILES string of the molecule is C=N/C(=C\C(CNC(=O)[C@@H]1C[C@@H](F)CN1S(=O)(=O)c1ccc(F)cc1)=C(/C)C#N)c1ccc(C(F)(F)F)cc1. The number of carbonyl (C=O) groups excluding carboxylic acids is 1. The monoisotopic (exact) mass is 566 g/mol. The Labute approximate surface area is 222 Å². The molecule has 0 spiro atoms. The number of nitriles is 1. The molecule has 0 aliphatic carbocycles. The van der Waals surface area contributed by atoms with Crippen molar-refractivity contribution in [3.8, 4) is 6.07 Å². The van der Waals surface area contributed by atoms with E-state index in [1.165, 1.54) is 25.1 Å². The Morgan fingerprint density at radius 3 is 2.36 bits per heavy atom. The van der Waals surface area contributed by atoms with Crippen molar-refractivity contribution < 1.29 is 35.2 Å². The summed E-state index contributed by atoms with van der Waals surface area (Å²) in [6, 6.07) is 8.47. The molecule has 0 bridgehead atoms. The second-order valence-corrected chi connectivity index (χ2v) is 10.5. The van der Waals surface area contributed by atoms with E-state index in [4.69, 9.17) is 0 Å². The van der Waals surface area contributed by atoms with E-state index in [0.717, 1.165) is 36.4 Å². The van der Waals surface area contributed by atoms with Gasteiger partial charge >= 0.3 is 6.18 Å². The van der Waals surface area contributed by atoms with Crippen LogP contribution in [0.1, 0.15) is 24.5 Å². The predicted octanol–water partition coefficient (Wildman–Crippen LogP) is 4.64. The van der Waals surface area contributed by atoms with Gasteiger partial charge < -0.3 is 5.32 Å².